The molecule has 0 radical (unpaired) electrons. The van der Waals surface area contributed by atoms with Crippen LogP contribution in [0.4, 0.5) is 0 Å². The first kappa shape index (κ1) is 9.01. The van der Waals surface area contributed by atoms with Crippen molar-refractivity contribution >= 4 is 0 Å². The van der Waals surface area contributed by atoms with Crippen LogP contribution in [-0.4, -0.2) is 19.1 Å². The minimum Gasteiger partial charge on any atom is -0.330 e. The Hall–Kier alpha value is -0.0800. The molecule has 0 aromatic carbocycles. The molecule has 1 saturated carbocycles. The lowest BCUT2D eigenvalue weighted by Gasteiger charge is -2.12. The normalized spacial score (nSPS) is 20.2. The summed E-state index contributed by atoms with van der Waals surface area (Å²) in [5, 5.41) is 3.47. The third-order valence-electron chi connectivity index (χ3n) is 2.26. The molecule has 0 bridgehead atoms. The Morgan fingerprint density at radius 3 is 2.82 bits per heavy atom. The van der Waals surface area contributed by atoms with Crippen molar-refractivity contribution in [1.82, 2.24) is 5.32 Å². The molecular formula is C9H20N2. The molecular weight excluding hydrogens is 136 g/mol. The molecule has 11 heavy (non-hydrogen) atoms. The quantitative estimate of drug-likeness (QED) is 0.565. The Morgan fingerprint density at radius 2 is 2.27 bits per heavy atom. The van der Waals surface area contributed by atoms with Crippen LogP contribution in [0.3, 0.4) is 0 Å². The Balaban J connectivity index is 1.87. The minimum atomic E-state index is 0.703. The molecule has 0 saturated heterocycles. The summed E-state index contributed by atoms with van der Waals surface area (Å²) in [6.45, 7) is 4.17. The third kappa shape index (κ3) is 4.38. The molecule has 0 heterocycles. The van der Waals surface area contributed by atoms with E-state index < -0.39 is 0 Å². The van der Waals surface area contributed by atoms with Crippen molar-refractivity contribution in [2.75, 3.05) is 13.1 Å². The molecule has 1 rings (SSSR count). The van der Waals surface area contributed by atoms with E-state index in [-0.39, 0.29) is 0 Å². The van der Waals surface area contributed by atoms with Crippen molar-refractivity contribution in [1.29, 1.82) is 0 Å². The van der Waals surface area contributed by atoms with Crippen molar-refractivity contribution in [2.24, 2.45) is 11.7 Å². The Bertz CT molecular complexity index is 99.7. The fourth-order valence-corrected chi connectivity index (χ4v) is 1.39. The lowest BCUT2D eigenvalue weighted by atomic mass is 10.1. The van der Waals surface area contributed by atoms with E-state index in [1.54, 1.807) is 0 Å². The van der Waals surface area contributed by atoms with E-state index in [0.29, 0.717) is 6.04 Å². The summed E-state index contributed by atoms with van der Waals surface area (Å²) in [6, 6.07) is 0.703. The van der Waals surface area contributed by atoms with E-state index in [1.165, 1.54) is 19.3 Å². The number of hydrogen-bond acceptors (Lipinski definition) is 2. The maximum Gasteiger partial charge on any atom is 0.00413 e. The summed E-state index contributed by atoms with van der Waals surface area (Å²) in [4.78, 5) is 0. The van der Waals surface area contributed by atoms with Crippen LogP contribution in [0.1, 0.15) is 32.6 Å². The summed E-state index contributed by atoms with van der Waals surface area (Å²) in [5.74, 6) is 1.04. The zero-order chi connectivity index (χ0) is 8.10. The van der Waals surface area contributed by atoms with Crippen molar-refractivity contribution in [3.63, 3.8) is 0 Å². The lowest BCUT2D eigenvalue weighted by molar-refractivity contribution is 0.484. The predicted octanol–water partition coefficient (Wildman–Crippen LogP) is 1.11. The minimum absolute atomic E-state index is 0.703. The molecule has 1 fully saturated rings. The zero-order valence-electron chi connectivity index (χ0n) is 7.47. The first-order valence-corrected chi connectivity index (χ1v) is 4.76. The van der Waals surface area contributed by atoms with Crippen LogP contribution in [0.15, 0.2) is 0 Å². The first-order chi connectivity index (χ1) is 5.33. The van der Waals surface area contributed by atoms with Gasteiger partial charge in [-0.3, -0.25) is 0 Å². The Kier molecular flexibility index (Phi) is 3.87. The van der Waals surface area contributed by atoms with Gasteiger partial charge in [-0.25, -0.2) is 0 Å². The summed E-state index contributed by atoms with van der Waals surface area (Å²) in [7, 11) is 0. The van der Waals surface area contributed by atoms with Gasteiger partial charge in [0.05, 0.1) is 0 Å². The summed E-state index contributed by atoms with van der Waals surface area (Å²) >= 11 is 0. The SMILES string of the molecule is CC(CC1CC1)NCCCN. The standard InChI is InChI=1S/C9H20N2/c1-8(7-9-3-4-9)11-6-2-5-10/h8-9,11H,2-7,10H2,1H3. The monoisotopic (exact) mass is 156 g/mol. The number of nitrogens with one attached hydrogen (secondary N) is 1. The van der Waals surface area contributed by atoms with E-state index in [9.17, 15) is 0 Å². The van der Waals surface area contributed by atoms with Crippen molar-refractivity contribution in [3.05, 3.63) is 0 Å². The van der Waals surface area contributed by atoms with Gasteiger partial charge in [0.1, 0.15) is 0 Å². The number of rotatable bonds is 6. The molecule has 66 valence electrons. The molecule has 0 amide bonds. The second-order valence-electron chi connectivity index (χ2n) is 3.68. The highest BCUT2D eigenvalue weighted by atomic mass is 14.9. The molecule has 2 heteroatoms. The molecule has 0 aromatic rings. The van der Waals surface area contributed by atoms with Gasteiger partial charge in [-0.2, -0.15) is 0 Å². The number of nitrogens with two attached hydrogens (primary N) is 1. The maximum atomic E-state index is 5.39. The van der Waals surface area contributed by atoms with Crippen LogP contribution in [-0.2, 0) is 0 Å². The Morgan fingerprint density at radius 1 is 1.55 bits per heavy atom. The van der Waals surface area contributed by atoms with Gasteiger partial charge in [0.25, 0.3) is 0 Å². The van der Waals surface area contributed by atoms with Gasteiger partial charge < -0.3 is 11.1 Å². The number of hydrogen-bond donors (Lipinski definition) is 2. The highest BCUT2D eigenvalue weighted by Gasteiger charge is 2.22. The summed E-state index contributed by atoms with van der Waals surface area (Å²) in [6.07, 6.45) is 5.39. The van der Waals surface area contributed by atoms with Crippen LogP contribution in [0.5, 0.6) is 0 Å². The van der Waals surface area contributed by atoms with Gasteiger partial charge in [-0.1, -0.05) is 12.8 Å². The molecule has 1 atom stereocenters. The van der Waals surface area contributed by atoms with Crippen LogP contribution in [0.25, 0.3) is 0 Å². The van der Waals surface area contributed by atoms with Crippen LogP contribution < -0.4 is 11.1 Å². The highest BCUT2D eigenvalue weighted by Crippen LogP contribution is 2.33. The average molecular weight is 156 g/mol. The second kappa shape index (κ2) is 4.73. The van der Waals surface area contributed by atoms with Gasteiger partial charge in [0.15, 0.2) is 0 Å². The predicted molar refractivity (Wildman–Crippen MR) is 48.5 cm³/mol. The van der Waals surface area contributed by atoms with Gasteiger partial charge >= 0.3 is 0 Å². The fourth-order valence-electron chi connectivity index (χ4n) is 1.39. The topological polar surface area (TPSA) is 38.0 Å². The Labute approximate surface area is 69.5 Å². The molecule has 2 nitrogen and oxygen atoms in total. The smallest absolute Gasteiger partial charge is 0.00413 e. The van der Waals surface area contributed by atoms with Gasteiger partial charge in [0, 0.05) is 6.04 Å². The largest absolute Gasteiger partial charge is 0.330 e. The first-order valence-electron chi connectivity index (χ1n) is 4.76. The summed E-state index contributed by atoms with van der Waals surface area (Å²) in [5.41, 5.74) is 5.39. The molecule has 1 unspecified atom stereocenters. The van der Waals surface area contributed by atoms with E-state index in [0.717, 1.165) is 25.4 Å². The van der Waals surface area contributed by atoms with Crippen molar-refractivity contribution in [2.45, 2.75) is 38.6 Å². The zero-order valence-corrected chi connectivity index (χ0v) is 7.47. The van der Waals surface area contributed by atoms with Gasteiger partial charge in [0.2, 0.25) is 0 Å². The molecule has 0 aromatic heterocycles. The molecule has 1 aliphatic carbocycles. The van der Waals surface area contributed by atoms with Crippen molar-refractivity contribution in [3.8, 4) is 0 Å². The van der Waals surface area contributed by atoms with Gasteiger partial charge in [-0.05, 0) is 38.8 Å². The van der Waals surface area contributed by atoms with E-state index in [1.807, 2.05) is 0 Å². The van der Waals surface area contributed by atoms with E-state index in [4.69, 9.17) is 5.73 Å². The van der Waals surface area contributed by atoms with E-state index in [2.05, 4.69) is 12.2 Å². The summed E-state index contributed by atoms with van der Waals surface area (Å²) < 4.78 is 0. The van der Waals surface area contributed by atoms with Crippen LogP contribution >= 0.6 is 0 Å². The molecule has 0 aliphatic heterocycles. The van der Waals surface area contributed by atoms with E-state index >= 15 is 0 Å². The van der Waals surface area contributed by atoms with Crippen LogP contribution in [0, 0.1) is 5.92 Å². The fraction of sp³-hybridized carbons (Fsp3) is 1.00. The van der Waals surface area contributed by atoms with Crippen LogP contribution in [0.2, 0.25) is 0 Å². The average Bonchev–Trinajstić information content (AvgIpc) is 2.72. The second-order valence-corrected chi connectivity index (χ2v) is 3.68. The van der Waals surface area contributed by atoms with Crippen molar-refractivity contribution < 1.29 is 0 Å². The molecule has 0 spiro atoms. The maximum absolute atomic E-state index is 5.39. The third-order valence-corrected chi connectivity index (χ3v) is 2.26. The van der Waals surface area contributed by atoms with Gasteiger partial charge in [-0.15, -0.1) is 0 Å². The molecule has 3 N–H and O–H groups in total. The molecule has 1 aliphatic rings. The highest BCUT2D eigenvalue weighted by molar-refractivity contribution is 4.77. The lowest BCUT2D eigenvalue weighted by Crippen LogP contribution is -2.28.